The van der Waals surface area contributed by atoms with Crippen LogP contribution in [0.1, 0.15) is 26.7 Å². The van der Waals surface area contributed by atoms with Crippen molar-refractivity contribution < 1.29 is 9.47 Å². The van der Waals surface area contributed by atoms with Crippen molar-refractivity contribution in [3.05, 3.63) is 0 Å². The van der Waals surface area contributed by atoms with E-state index in [0.29, 0.717) is 0 Å². The van der Waals surface area contributed by atoms with Crippen LogP contribution in [0.2, 0.25) is 0 Å². The summed E-state index contributed by atoms with van der Waals surface area (Å²) in [7, 11) is 0. The second-order valence-electron chi connectivity index (χ2n) is 3.10. The maximum atomic E-state index is 5.32. The lowest BCUT2D eigenvalue weighted by Gasteiger charge is -2.04. The molecule has 1 aliphatic rings. The minimum atomic E-state index is 0.174. The lowest BCUT2D eigenvalue weighted by molar-refractivity contribution is 0.114. The Kier molecular flexibility index (Phi) is 2.69. The number of rotatable bonds is 5. The highest BCUT2D eigenvalue weighted by Crippen LogP contribution is 2.29. The molecule has 0 saturated carbocycles. The third kappa shape index (κ3) is 2.67. The first-order valence-electron chi connectivity index (χ1n) is 3.98. The molecule has 0 aromatic heterocycles. The first-order chi connectivity index (χ1) is 4.77. The smallest absolute Gasteiger partial charge is 0.0910 e. The fraction of sp³-hybridized carbons (Fsp3) is 1.00. The topological polar surface area (TPSA) is 21.8 Å². The van der Waals surface area contributed by atoms with Crippen LogP contribution in [0.5, 0.6) is 0 Å². The van der Waals surface area contributed by atoms with E-state index in [0.717, 1.165) is 32.7 Å². The maximum Gasteiger partial charge on any atom is 0.0910 e. The Bertz CT molecular complexity index is 97.4. The van der Waals surface area contributed by atoms with E-state index in [1.54, 1.807) is 0 Å². The first kappa shape index (κ1) is 8.02. The second-order valence-corrected chi connectivity index (χ2v) is 3.10. The molecule has 0 aromatic carbocycles. The van der Waals surface area contributed by atoms with Crippen LogP contribution >= 0.6 is 0 Å². The van der Waals surface area contributed by atoms with Gasteiger partial charge in [-0.3, -0.25) is 0 Å². The van der Waals surface area contributed by atoms with Crippen LogP contribution in [-0.2, 0) is 9.47 Å². The molecule has 1 rings (SSSR count). The Balaban J connectivity index is 1.86. The predicted octanol–water partition coefficient (Wildman–Crippen LogP) is 1.59. The first-order valence-corrected chi connectivity index (χ1v) is 3.98. The summed E-state index contributed by atoms with van der Waals surface area (Å²) in [5.41, 5.74) is 0.174. The molecule has 0 N–H and O–H groups in total. The standard InChI is InChI=1S/C8H16O2/c1-3-5-9-6-4-8(2)7-10-8/h3-7H2,1-2H3/t8-/m0/s1. The molecule has 0 spiro atoms. The zero-order chi connectivity index (χ0) is 7.45. The van der Waals surface area contributed by atoms with Gasteiger partial charge in [-0.15, -0.1) is 0 Å². The van der Waals surface area contributed by atoms with E-state index < -0.39 is 0 Å². The summed E-state index contributed by atoms with van der Waals surface area (Å²) in [6.45, 7) is 6.90. The van der Waals surface area contributed by atoms with Crippen LogP contribution in [0, 0.1) is 0 Å². The van der Waals surface area contributed by atoms with E-state index in [9.17, 15) is 0 Å². The number of epoxide rings is 1. The van der Waals surface area contributed by atoms with Crippen molar-refractivity contribution in [1.82, 2.24) is 0 Å². The summed E-state index contributed by atoms with van der Waals surface area (Å²) in [6, 6.07) is 0. The Labute approximate surface area is 62.5 Å². The fourth-order valence-electron chi connectivity index (χ4n) is 0.802. The molecule has 10 heavy (non-hydrogen) atoms. The molecule has 0 amide bonds. The fourth-order valence-corrected chi connectivity index (χ4v) is 0.802. The van der Waals surface area contributed by atoms with Crippen molar-refractivity contribution in [2.24, 2.45) is 0 Å². The molecule has 1 heterocycles. The molecule has 1 saturated heterocycles. The van der Waals surface area contributed by atoms with E-state index in [-0.39, 0.29) is 5.60 Å². The van der Waals surface area contributed by atoms with E-state index in [4.69, 9.17) is 9.47 Å². The predicted molar refractivity (Wildman–Crippen MR) is 40.1 cm³/mol. The van der Waals surface area contributed by atoms with Gasteiger partial charge in [0.2, 0.25) is 0 Å². The zero-order valence-corrected chi connectivity index (χ0v) is 6.85. The van der Waals surface area contributed by atoms with Gasteiger partial charge in [-0.25, -0.2) is 0 Å². The Morgan fingerprint density at radius 3 is 2.70 bits per heavy atom. The van der Waals surface area contributed by atoms with Gasteiger partial charge < -0.3 is 9.47 Å². The van der Waals surface area contributed by atoms with Gasteiger partial charge in [0.05, 0.1) is 12.2 Å². The summed E-state index contributed by atoms with van der Waals surface area (Å²) in [5.74, 6) is 0. The molecule has 60 valence electrons. The summed E-state index contributed by atoms with van der Waals surface area (Å²) < 4.78 is 10.5. The molecular formula is C8H16O2. The highest BCUT2D eigenvalue weighted by Gasteiger charge is 2.38. The summed E-state index contributed by atoms with van der Waals surface area (Å²) in [5, 5.41) is 0. The molecule has 1 atom stereocenters. The Morgan fingerprint density at radius 2 is 2.20 bits per heavy atom. The largest absolute Gasteiger partial charge is 0.381 e. The van der Waals surface area contributed by atoms with Crippen molar-refractivity contribution in [2.45, 2.75) is 32.3 Å². The minimum absolute atomic E-state index is 0.174. The van der Waals surface area contributed by atoms with Crippen molar-refractivity contribution in [3.8, 4) is 0 Å². The Morgan fingerprint density at radius 1 is 1.50 bits per heavy atom. The highest BCUT2D eigenvalue weighted by atomic mass is 16.6. The van der Waals surface area contributed by atoms with Crippen molar-refractivity contribution in [3.63, 3.8) is 0 Å². The summed E-state index contributed by atoms with van der Waals surface area (Å²) >= 11 is 0. The van der Waals surface area contributed by atoms with Crippen LogP contribution in [0.15, 0.2) is 0 Å². The number of ether oxygens (including phenoxy) is 2. The van der Waals surface area contributed by atoms with Crippen molar-refractivity contribution >= 4 is 0 Å². The molecule has 1 aliphatic heterocycles. The summed E-state index contributed by atoms with van der Waals surface area (Å²) in [4.78, 5) is 0. The van der Waals surface area contributed by atoms with Crippen molar-refractivity contribution in [1.29, 1.82) is 0 Å². The van der Waals surface area contributed by atoms with E-state index in [1.807, 2.05) is 0 Å². The van der Waals surface area contributed by atoms with Gasteiger partial charge in [-0.1, -0.05) is 6.92 Å². The average molecular weight is 144 g/mol. The van der Waals surface area contributed by atoms with Crippen LogP contribution in [0.3, 0.4) is 0 Å². The number of hydrogen-bond acceptors (Lipinski definition) is 2. The summed E-state index contributed by atoms with van der Waals surface area (Å²) in [6.07, 6.45) is 2.16. The van der Waals surface area contributed by atoms with Gasteiger partial charge in [-0.2, -0.15) is 0 Å². The molecule has 0 aliphatic carbocycles. The van der Waals surface area contributed by atoms with Gasteiger partial charge in [0.25, 0.3) is 0 Å². The zero-order valence-electron chi connectivity index (χ0n) is 6.85. The molecule has 1 fully saturated rings. The van der Waals surface area contributed by atoms with Gasteiger partial charge in [0.15, 0.2) is 0 Å². The third-order valence-corrected chi connectivity index (χ3v) is 1.76. The number of hydrogen-bond donors (Lipinski definition) is 0. The van der Waals surface area contributed by atoms with E-state index in [2.05, 4.69) is 13.8 Å². The molecular weight excluding hydrogens is 128 g/mol. The van der Waals surface area contributed by atoms with Crippen LogP contribution in [-0.4, -0.2) is 25.4 Å². The quantitative estimate of drug-likeness (QED) is 0.432. The third-order valence-electron chi connectivity index (χ3n) is 1.76. The average Bonchev–Trinajstić information content (AvgIpc) is 2.62. The van der Waals surface area contributed by atoms with Crippen LogP contribution in [0.25, 0.3) is 0 Å². The van der Waals surface area contributed by atoms with Gasteiger partial charge in [0, 0.05) is 19.6 Å². The van der Waals surface area contributed by atoms with Gasteiger partial charge in [-0.05, 0) is 13.3 Å². The maximum absolute atomic E-state index is 5.32. The van der Waals surface area contributed by atoms with Crippen molar-refractivity contribution in [2.75, 3.05) is 19.8 Å². The molecule has 0 unspecified atom stereocenters. The van der Waals surface area contributed by atoms with Crippen LogP contribution < -0.4 is 0 Å². The molecule has 0 bridgehead atoms. The lowest BCUT2D eigenvalue weighted by atomic mass is 10.1. The molecule has 2 heteroatoms. The van der Waals surface area contributed by atoms with E-state index in [1.165, 1.54) is 0 Å². The Hall–Kier alpha value is -0.0800. The van der Waals surface area contributed by atoms with E-state index >= 15 is 0 Å². The monoisotopic (exact) mass is 144 g/mol. The molecule has 0 radical (unpaired) electrons. The van der Waals surface area contributed by atoms with Gasteiger partial charge in [0.1, 0.15) is 0 Å². The minimum Gasteiger partial charge on any atom is -0.381 e. The highest BCUT2D eigenvalue weighted by molar-refractivity contribution is 4.86. The molecule has 0 aromatic rings. The second kappa shape index (κ2) is 3.35. The lowest BCUT2D eigenvalue weighted by Crippen LogP contribution is -2.09. The molecule has 2 nitrogen and oxygen atoms in total. The van der Waals surface area contributed by atoms with Crippen LogP contribution in [0.4, 0.5) is 0 Å². The normalized spacial score (nSPS) is 30.6. The van der Waals surface area contributed by atoms with Gasteiger partial charge >= 0.3 is 0 Å². The SMILES string of the molecule is CCCOCC[C@@]1(C)CO1.